The van der Waals surface area contributed by atoms with Gasteiger partial charge in [0.25, 0.3) is 0 Å². The molecule has 0 nitrogen and oxygen atoms in total. The molecule has 1 unspecified atom stereocenters. The summed E-state index contributed by atoms with van der Waals surface area (Å²) < 4.78 is 19.8. The van der Waals surface area contributed by atoms with Crippen molar-refractivity contribution in [3.8, 4) is 4.90 Å². The summed E-state index contributed by atoms with van der Waals surface area (Å²) in [5.41, 5.74) is 0. The molecule has 114 valence electrons. The molecule has 0 saturated carbocycles. The lowest BCUT2D eigenvalue weighted by molar-refractivity contribution is 0.628. The fourth-order valence-electron chi connectivity index (χ4n) is 2.77. The molecule has 1 atom stereocenters. The maximum Gasteiger partial charge on any atom is 0.188 e. The summed E-state index contributed by atoms with van der Waals surface area (Å²) in [6, 6.07) is 18.0. The highest BCUT2D eigenvalue weighted by molar-refractivity contribution is 14.1. The fraction of sp³-hybridized carbons (Fsp3) is 0. The second-order valence-corrected chi connectivity index (χ2v) is 10.6. The predicted molar refractivity (Wildman–Crippen MR) is 123 cm³/mol. The first-order valence-electron chi connectivity index (χ1n) is 6.84. The van der Waals surface area contributed by atoms with Gasteiger partial charge < -0.3 is 0 Å². The number of thiophene rings is 1. The van der Waals surface area contributed by atoms with Gasteiger partial charge >= 0.3 is 0 Å². The van der Waals surface area contributed by atoms with E-state index in [1.165, 1.54) is 35.8 Å². The van der Waals surface area contributed by atoms with Gasteiger partial charge in [0.15, 0.2) is 14.3 Å². The first kappa shape index (κ1) is 16.5. The van der Waals surface area contributed by atoms with Gasteiger partial charge in [-0.15, -0.1) is 0 Å². The molecule has 0 spiro atoms. The third kappa shape index (κ3) is 2.81. The van der Waals surface area contributed by atoms with Gasteiger partial charge in [-0.05, 0) is 104 Å². The van der Waals surface area contributed by atoms with Crippen molar-refractivity contribution in [2.24, 2.45) is 0 Å². The van der Waals surface area contributed by atoms with Crippen LogP contribution in [0.1, 0.15) is 0 Å². The Hall–Kier alpha value is -0.000000000000000222. The molecular weight excluding hydrogens is 648 g/mol. The van der Waals surface area contributed by atoms with Crippen LogP contribution in [0, 0.1) is 16.5 Å². The maximum atomic E-state index is 13.3. The Kier molecular flexibility index (Phi) is 4.57. The zero-order chi connectivity index (χ0) is 16.1. The Morgan fingerprint density at radius 1 is 0.783 bits per heavy atom. The lowest BCUT2D eigenvalue weighted by Crippen LogP contribution is -1.80. The molecule has 0 bridgehead atoms. The normalized spacial score (nSPS) is 12.3. The highest BCUT2D eigenvalue weighted by Crippen LogP contribution is 2.50. The van der Waals surface area contributed by atoms with Crippen molar-refractivity contribution in [2.45, 2.75) is 0 Å². The lowest BCUT2D eigenvalue weighted by atomic mass is 10.2. The van der Waals surface area contributed by atoms with Gasteiger partial charge in [0.2, 0.25) is 0 Å². The molecule has 1 heterocycles. The van der Waals surface area contributed by atoms with E-state index in [1.807, 2.05) is 12.1 Å². The minimum absolute atomic E-state index is 0.154. The molecule has 4 aromatic rings. The van der Waals surface area contributed by atoms with Crippen molar-refractivity contribution in [3.63, 3.8) is 0 Å². The van der Waals surface area contributed by atoms with Crippen LogP contribution in [0.25, 0.3) is 25.1 Å². The molecular formula is C18H9FI3S+. The van der Waals surface area contributed by atoms with Gasteiger partial charge in [-0.2, -0.15) is 0 Å². The molecule has 0 aliphatic rings. The standard InChI is InChI=1S/C18H9FI3S/c19-10-1-4-12(5-2-10)23-15-7-3-11(20)9-13(15)17-16(23)8-6-14(21)18(17)22/h1-9H/q+1. The van der Waals surface area contributed by atoms with E-state index in [1.54, 1.807) is 12.1 Å². The van der Waals surface area contributed by atoms with Crippen LogP contribution in [0.15, 0.2) is 54.6 Å². The maximum absolute atomic E-state index is 13.3. The molecule has 23 heavy (non-hydrogen) atoms. The summed E-state index contributed by atoms with van der Waals surface area (Å²) in [5.74, 6) is -0.184. The number of fused-ring (bicyclic) bond motifs is 3. The van der Waals surface area contributed by atoms with Gasteiger partial charge in [-0.1, -0.05) is 0 Å². The first-order chi connectivity index (χ1) is 11.1. The highest BCUT2D eigenvalue weighted by atomic mass is 127. The third-order valence-electron chi connectivity index (χ3n) is 3.76. The zero-order valence-electron chi connectivity index (χ0n) is 11.6. The number of hydrogen-bond acceptors (Lipinski definition) is 0. The highest BCUT2D eigenvalue weighted by Gasteiger charge is 2.26. The Bertz CT molecular complexity index is 1050. The molecule has 4 rings (SSSR count). The molecule has 0 N–H and O–H groups in total. The quantitative estimate of drug-likeness (QED) is 0.146. The van der Waals surface area contributed by atoms with Gasteiger partial charge in [0.05, 0.1) is 5.39 Å². The lowest BCUT2D eigenvalue weighted by Gasteiger charge is -1.97. The average molecular weight is 657 g/mol. The molecule has 0 saturated heterocycles. The second-order valence-electron chi connectivity index (χ2n) is 5.14. The van der Waals surface area contributed by atoms with Crippen molar-refractivity contribution in [3.05, 3.63) is 71.1 Å². The van der Waals surface area contributed by atoms with Crippen LogP contribution >= 0.6 is 78.2 Å². The molecule has 0 aliphatic heterocycles. The molecule has 0 aliphatic carbocycles. The van der Waals surface area contributed by atoms with E-state index in [4.69, 9.17) is 0 Å². The summed E-state index contributed by atoms with van der Waals surface area (Å²) in [6.45, 7) is 0. The third-order valence-corrected chi connectivity index (χ3v) is 9.80. The molecule has 0 radical (unpaired) electrons. The predicted octanol–water partition coefficient (Wildman–Crippen LogP) is 7.68. The Labute approximate surface area is 176 Å². The van der Waals surface area contributed by atoms with E-state index >= 15 is 0 Å². The Morgan fingerprint density at radius 3 is 2.22 bits per heavy atom. The van der Waals surface area contributed by atoms with Crippen molar-refractivity contribution in [1.82, 2.24) is 0 Å². The van der Waals surface area contributed by atoms with E-state index in [0.29, 0.717) is 0 Å². The minimum atomic E-state index is -0.184. The molecule has 5 heteroatoms. The van der Waals surface area contributed by atoms with Crippen LogP contribution in [-0.4, -0.2) is 0 Å². The van der Waals surface area contributed by atoms with Crippen molar-refractivity contribution < 1.29 is 4.39 Å². The van der Waals surface area contributed by atoms with Crippen molar-refractivity contribution in [1.29, 1.82) is 0 Å². The van der Waals surface area contributed by atoms with Crippen LogP contribution in [0.5, 0.6) is 0 Å². The van der Waals surface area contributed by atoms with Crippen molar-refractivity contribution in [2.75, 3.05) is 0 Å². The van der Waals surface area contributed by atoms with Crippen LogP contribution in [-0.2, 0) is 0 Å². The van der Waals surface area contributed by atoms with E-state index in [0.717, 1.165) is 0 Å². The van der Waals surface area contributed by atoms with Crippen LogP contribution < -0.4 is 0 Å². The summed E-state index contributed by atoms with van der Waals surface area (Å²) in [4.78, 5) is 1.17. The molecule has 1 aromatic heterocycles. The smallest absolute Gasteiger partial charge is 0.188 e. The Balaban J connectivity index is 2.21. The summed E-state index contributed by atoms with van der Waals surface area (Å²) in [6.07, 6.45) is 0. The van der Waals surface area contributed by atoms with Gasteiger partial charge in [-0.3, -0.25) is 0 Å². The van der Waals surface area contributed by atoms with E-state index < -0.39 is 0 Å². The second kappa shape index (κ2) is 6.38. The fourth-order valence-corrected chi connectivity index (χ4v) is 7.02. The molecule has 3 aromatic carbocycles. The van der Waals surface area contributed by atoms with E-state index in [2.05, 4.69) is 98.1 Å². The number of hydrogen-bond donors (Lipinski definition) is 0. The topological polar surface area (TPSA) is 0 Å². The van der Waals surface area contributed by atoms with Gasteiger partial charge in [0.1, 0.15) is 5.82 Å². The van der Waals surface area contributed by atoms with Crippen LogP contribution in [0.4, 0.5) is 4.39 Å². The molecule has 0 amide bonds. The van der Waals surface area contributed by atoms with Gasteiger partial charge in [-0.25, -0.2) is 4.39 Å². The van der Waals surface area contributed by atoms with E-state index in [-0.39, 0.29) is 16.3 Å². The number of halogens is 4. The first-order valence-corrected chi connectivity index (χ1v) is 11.3. The minimum Gasteiger partial charge on any atom is -0.207 e. The summed E-state index contributed by atoms with van der Waals surface area (Å²) in [5, 5.41) is 2.67. The van der Waals surface area contributed by atoms with Crippen LogP contribution in [0.3, 0.4) is 0 Å². The summed E-state index contributed by atoms with van der Waals surface area (Å²) in [7, 11) is -0.154. The molecule has 0 fully saturated rings. The Morgan fingerprint density at radius 2 is 1.48 bits per heavy atom. The van der Waals surface area contributed by atoms with E-state index in [9.17, 15) is 4.39 Å². The summed E-state index contributed by atoms with van der Waals surface area (Å²) >= 11 is 7.21. The SMILES string of the molecule is Fc1ccc(-[s+]2c3ccc(I)cc3c3c(I)c(I)ccc32)cc1. The van der Waals surface area contributed by atoms with Crippen LogP contribution in [0.2, 0.25) is 0 Å². The number of rotatable bonds is 1. The monoisotopic (exact) mass is 657 g/mol. The van der Waals surface area contributed by atoms with Gasteiger partial charge in [0, 0.05) is 44.8 Å². The number of benzene rings is 3. The largest absolute Gasteiger partial charge is 0.207 e. The average Bonchev–Trinajstić information content (AvgIpc) is 2.86. The zero-order valence-corrected chi connectivity index (χ0v) is 18.9. The van der Waals surface area contributed by atoms with Crippen molar-refractivity contribution >= 4 is 98.4 Å².